The van der Waals surface area contributed by atoms with Gasteiger partial charge in [0.15, 0.2) is 11.5 Å². The number of nitrogens with zero attached hydrogens (tertiary/aromatic N) is 2. The zero-order valence-electron chi connectivity index (χ0n) is 10.3. The maximum atomic E-state index is 13.7. The average Bonchev–Trinajstić information content (AvgIpc) is 2.90. The predicted molar refractivity (Wildman–Crippen MR) is 72.0 cm³/mol. The van der Waals surface area contributed by atoms with E-state index in [-0.39, 0.29) is 17.8 Å². The third kappa shape index (κ3) is 2.13. The van der Waals surface area contributed by atoms with Gasteiger partial charge in [0.2, 0.25) is 0 Å². The monoisotopic (exact) mass is 275 g/mol. The van der Waals surface area contributed by atoms with Gasteiger partial charge in [0.1, 0.15) is 5.82 Å². The average molecular weight is 275 g/mol. The van der Waals surface area contributed by atoms with Crippen LogP contribution >= 0.6 is 0 Å². The van der Waals surface area contributed by atoms with E-state index in [1.807, 2.05) is 0 Å². The van der Waals surface area contributed by atoms with Gasteiger partial charge in [0.25, 0.3) is 0 Å². The zero-order chi connectivity index (χ0) is 14.1. The molecule has 7 heteroatoms. The number of nitrogens with one attached hydrogen (secondary N) is 2. The fourth-order valence-electron chi connectivity index (χ4n) is 1.90. The Labute approximate surface area is 112 Å². The van der Waals surface area contributed by atoms with Crippen molar-refractivity contribution in [2.24, 2.45) is 0 Å². The summed E-state index contributed by atoms with van der Waals surface area (Å²) in [5.41, 5.74) is 6.54. The van der Waals surface area contributed by atoms with Crippen molar-refractivity contribution < 1.29 is 8.78 Å². The number of pyridine rings is 1. The molecule has 0 unspecified atom stereocenters. The van der Waals surface area contributed by atoms with Crippen LogP contribution in [0.5, 0.6) is 0 Å². The Kier molecular flexibility index (Phi) is 2.94. The Hall–Kier alpha value is -2.70. The Bertz CT molecular complexity index is 769. The van der Waals surface area contributed by atoms with Crippen LogP contribution in [-0.2, 0) is 6.54 Å². The fourth-order valence-corrected chi connectivity index (χ4v) is 1.90. The van der Waals surface area contributed by atoms with Gasteiger partial charge in [-0.25, -0.2) is 13.8 Å². The number of nitrogen functional groups attached to an aromatic ring is 1. The molecule has 0 spiro atoms. The van der Waals surface area contributed by atoms with Crippen molar-refractivity contribution in [2.75, 3.05) is 11.1 Å². The molecule has 0 amide bonds. The van der Waals surface area contributed by atoms with Gasteiger partial charge in [-0.05, 0) is 18.2 Å². The molecule has 3 rings (SSSR count). The molecule has 0 bridgehead atoms. The van der Waals surface area contributed by atoms with Gasteiger partial charge < -0.3 is 11.1 Å². The highest BCUT2D eigenvalue weighted by atomic mass is 19.1. The number of hydrogen-bond acceptors (Lipinski definition) is 4. The minimum absolute atomic E-state index is 0.0201. The quantitative estimate of drug-likeness (QED) is 0.641. The van der Waals surface area contributed by atoms with Crippen LogP contribution < -0.4 is 11.1 Å². The molecule has 2 heterocycles. The molecule has 0 aliphatic rings. The lowest BCUT2D eigenvalue weighted by Crippen LogP contribution is -2.07. The Balaban J connectivity index is 1.84. The fraction of sp³-hybridized carbons (Fsp3) is 0.0769. The first-order chi connectivity index (χ1) is 9.65. The second-order valence-corrected chi connectivity index (χ2v) is 4.31. The lowest BCUT2D eigenvalue weighted by atomic mass is 10.1. The molecule has 2 aromatic heterocycles. The first-order valence-corrected chi connectivity index (χ1v) is 5.90. The summed E-state index contributed by atoms with van der Waals surface area (Å²) in [4.78, 5) is 4.12. The van der Waals surface area contributed by atoms with Gasteiger partial charge in [0, 0.05) is 17.5 Å². The highest BCUT2D eigenvalue weighted by molar-refractivity contribution is 5.77. The number of fused-ring (bicyclic) bond motifs is 1. The first-order valence-electron chi connectivity index (χ1n) is 5.90. The van der Waals surface area contributed by atoms with Gasteiger partial charge >= 0.3 is 0 Å². The van der Waals surface area contributed by atoms with Gasteiger partial charge in [-0.15, -0.1) is 0 Å². The number of rotatable bonds is 3. The number of anilines is 2. The van der Waals surface area contributed by atoms with Crippen molar-refractivity contribution in [1.29, 1.82) is 0 Å². The summed E-state index contributed by atoms with van der Waals surface area (Å²) in [6.07, 6.45) is 3.18. The molecule has 0 aliphatic carbocycles. The van der Waals surface area contributed by atoms with Gasteiger partial charge in [-0.1, -0.05) is 0 Å². The molecule has 5 nitrogen and oxygen atoms in total. The lowest BCUT2D eigenvalue weighted by Gasteiger charge is -2.09. The molecule has 0 aliphatic heterocycles. The summed E-state index contributed by atoms with van der Waals surface area (Å²) in [6.45, 7) is -0.0201. The summed E-state index contributed by atoms with van der Waals surface area (Å²) >= 11 is 0. The van der Waals surface area contributed by atoms with E-state index >= 15 is 0 Å². The minimum atomic E-state index is -0.741. The molecular weight excluding hydrogens is 264 g/mol. The summed E-state index contributed by atoms with van der Waals surface area (Å²) in [6, 6.07) is 4.13. The maximum Gasteiger partial charge on any atom is 0.155 e. The molecule has 0 atom stereocenters. The molecule has 4 N–H and O–H groups in total. The van der Waals surface area contributed by atoms with E-state index in [0.717, 1.165) is 11.5 Å². The highest BCUT2D eigenvalue weighted by Gasteiger charge is 2.11. The number of aromatic nitrogens is 3. The highest BCUT2D eigenvalue weighted by Crippen LogP contribution is 2.20. The van der Waals surface area contributed by atoms with Crippen LogP contribution in [0.3, 0.4) is 0 Å². The molecule has 1 aromatic carbocycles. The summed E-state index contributed by atoms with van der Waals surface area (Å²) < 4.78 is 27.3. The van der Waals surface area contributed by atoms with Crippen LogP contribution in [0.15, 0.2) is 30.6 Å². The summed E-state index contributed by atoms with van der Waals surface area (Å²) in [5, 5.41) is 10.3. The largest absolute Gasteiger partial charge is 0.396 e. The van der Waals surface area contributed by atoms with Crippen LogP contribution in [0.25, 0.3) is 11.0 Å². The van der Waals surface area contributed by atoms with Gasteiger partial charge in [-0.2, -0.15) is 5.10 Å². The van der Waals surface area contributed by atoms with Crippen LogP contribution in [0.2, 0.25) is 0 Å². The van der Waals surface area contributed by atoms with E-state index in [0.29, 0.717) is 11.3 Å². The molecule has 3 aromatic rings. The van der Waals surface area contributed by atoms with Crippen molar-refractivity contribution in [3.8, 4) is 0 Å². The van der Waals surface area contributed by atoms with Crippen molar-refractivity contribution in [1.82, 2.24) is 15.2 Å². The molecule has 20 heavy (non-hydrogen) atoms. The summed E-state index contributed by atoms with van der Waals surface area (Å²) in [5.74, 6) is -1.38. The second kappa shape index (κ2) is 4.76. The van der Waals surface area contributed by atoms with Crippen LogP contribution in [-0.4, -0.2) is 15.2 Å². The zero-order valence-corrected chi connectivity index (χ0v) is 10.3. The second-order valence-electron chi connectivity index (χ2n) is 4.31. The summed E-state index contributed by atoms with van der Waals surface area (Å²) in [7, 11) is 0. The molecule has 0 radical (unpaired) electrons. The van der Waals surface area contributed by atoms with E-state index in [4.69, 9.17) is 5.73 Å². The number of halogens is 2. The molecule has 0 saturated carbocycles. The molecule has 0 fully saturated rings. The first kappa shape index (κ1) is 12.3. The van der Waals surface area contributed by atoms with E-state index < -0.39 is 11.6 Å². The van der Waals surface area contributed by atoms with Crippen molar-refractivity contribution >= 4 is 22.4 Å². The third-order valence-electron chi connectivity index (χ3n) is 2.98. The number of aromatic amines is 1. The number of hydrogen-bond donors (Lipinski definition) is 3. The van der Waals surface area contributed by atoms with E-state index in [1.165, 1.54) is 6.07 Å². The minimum Gasteiger partial charge on any atom is -0.396 e. The van der Waals surface area contributed by atoms with Gasteiger partial charge in [0.05, 0.1) is 23.8 Å². The molecule has 0 saturated heterocycles. The van der Waals surface area contributed by atoms with Crippen LogP contribution in [0.4, 0.5) is 20.2 Å². The number of H-pyrrole nitrogens is 1. The Morgan fingerprint density at radius 1 is 1.25 bits per heavy atom. The third-order valence-corrected chi connectivity index (χ3v) is 2.98. The lowest BCUT2D eigenvalue weighted by molar-refractivity contribution is 0.563. The SMILES string of the molecule is Nc1ccc(F)c(CNc2cnc3[nH]ncc3c2)c1F. The van der Waals surface area contributed by atoms with E-state index in [9.17, 15) is 8.78 Å². The topological polar surface area (TPSA) is 79.6 Å². The van der Waals surface area contributed by atoms with E-state index in [1.54, 1.807) is 18.5 Å². The maximum absolute atomic E-state index is 13.7. The smallest absolute Gasteiger partial charge is 0.155 e. The number of benzene rings is 1. The van der Waals surface area contributed by atoms with Crippen molar-refractivity contribution in [3.05, 3.63) is 47.8 Å². The number of nitrogens with two attached hydrogens (primary N) is 1. The Morgan fingerprint density at radius 3 is 2.95 bits per heavy atom. The molecular formula is C13H11F2N5. The van der Waals surface area contributed by atoms with Crippen LogP contribution in [0.1, 0.15) is 5.56 Å². The standard InChI is InChI=1S/C13H11F2N5/c14-10-1-2-11(16)12(15)9(10)6-17-8-3-7-4-19-20-13(7)18-5-8/h1-5,17H,6,16H2,(H,18,19,20). The van der Waals surface area contributed by atoms with Gasteiger partial charge in [-0.3, -0.25) is 5.10 Å². The van der Waals surface area contributed by atoms with Crippen molar-refractivity contribution in [3.63, 3.8) is 0 Å². The predicted octanol–water partition coefficient (Wildman–Crippen LogP) is 2.43. The van der Waals surface area contributed by atoms with Crippen molar-refractivity contribution in [2.45, 2.75) is 6.54 Å². The van der Waals surface area contributed by atoms with E-state index in [2.05, 4.69) is 20.5 Å². The molecule has 102 valence electrons. The Morgan fingerprint density at radius 2 is 2.10 bits per heavy atom. The van der Waals surface area contributed by atoms with Crippen LogP contribution in [0, 0.1) is 11.6 Å². The normalized spacial score (nSPS) is 10.9.